The maximum absolute atomic E-state index is 14.2. The largest absolute Gasteiger partial charge is 0.452 e. The Balaban J connectivity index is 1.70. The molecule has 0 saturated heterocycles. The number of pyridine rings is 1. The molecule has 4 aromatic rings. The Hall–Kier alpha value is -3.95. The number of rotatable bonds is 5. The monoisotopic (exact) mass is 368 g/mol. The van der Waals surface area contributed by atoms with Gasteiger partial charge in [0.05, 0.1) is 41.0 Å². The molecule has 0 aliphatic carbocycles. The number of ether oxygens (including phenoxy) is 1. The normalized spacial score (nSPS) is 10.9. The summed E-state index contributed by atoms with van der Waals surface area (Å²) >= 11 is 0. The summed E-state index contributed by atoms with van der Waals surface area (Å²) < 4.78 is 23.1. The number of nitro benzene ring substituents is 1. The van der Waals surface area contributed by atoms with Gasteiger partial charge in [-0.1, -0.05) is 0 Å². The highest BCUT2D eigenvalue weighted by atomic mass is 19.1. The fraction of sp³-hybridized carbons (Fsp3) is 0.0588. The molecule has 136 valence electrons. The summed E-state index contributed by atoms with van der Waals surface area (Å²) in [5, 5.41) is 22.2. The first-order valence-corrected chi connectivity index (χ1v) is 7.84. The molecule has 1 aromatic carbocycles. The molecule has 27 heavy (non-hydrogen) atoms. The summed E-state index contributed by atoms with van der Waals surface area (Å²) in [5.74, 6) is -0.608. The zero-order valence-electron chi connectivity index (χ0n) is 14.0. The maximum Gasteiger partial charge on any atom is 0.272 e. The Morgan fingerprint density at radius 2 is 2.00 bits per heavy atom. The Kier molecular flexibility index (Phi) is 3.92. The first-order chi connectivity index (χ1) is 13.0. The number of benzene rings is 1. The van der Waals surface area contributed by atoms with E-state index in [1.54, 1.807) is 53.2 Å². The van der Waals surface area contributed by atoms with Crippen LogP contribution in [0, 0.1) is 15.9 Å². The average Bonchev–Trinajstić information content (AvgIpc) is 3.25. The van der Waals surface area contributed by atoms with Crippen molar-refractivity contribution in [2.45, 2.75) is 0 Å². The number of non-ortho nitro benzene ring substituents is 1. The van der Waals surface area contributed by atoms with Crippen LogP contribution in [0.3, 0.4) is 0 Å². The van der Waals surface area contributed by atoms with Crippen molar-refractivity contribution in [1.29, 1.82) is 0 Å². The standard InChI is InChI=1S/C17H13FN6O3/c1-22-9-12(8-20-22)21-11-6-17(15-4-5-19-23(15)10-11)27-16-3-2-13(24(25)26)7-14(16)18/h2-10,21H,1H3. The Labute approximate surface area is 151 Å². The minimum Gasteiger partial charge on any atom is -0.452 e. The van der Waals surface area contributed by atoms with Gasteiger partial charge in [-0.25, -0.2) is 8.91 Å². The number of aromatic nitrogens is 4. The molecular weight excluding hydrogens is 355 g/mol. The number of aryl methyl sites for hydroxylation is 1. The van der Waals surface area contributed by atoms with Gasteiger partial charge in [0.15, 0.2) is 17.3 Å². The van der Waals surface area contributed by atoms with Crippen molar-refractivity contribution < 1.29 is 14.1 Å². The molecule has 9 nitrogen and oxygen atoms in total. The third-order valence-electron chi connectivity index (χ3n) is 3.81. The van der Waals surface area contributed by atoms with Crippen LogP contribution in [0.2, 0.25) is 0 Å². The minimum atomic E-state index is -0.826. The predicted octanol–water partition coefficient (Wildman–Crippen LogP) is 3.65. The topological polar surface area (TPSA) is 99.5 Å². The zero-order chi connectivity index (χ0) is 19.0. The van der Waals surface area contributed by atoms with Gasteiger partial charge in [0.1, 0.15) is 5.52 Å². The highest BCUT2D eigenvalue weighted by Crippen LogP contribution is 2.32. The summed E-state index contributed by atoms with van der Waals surface area (Å²) in [6.45, 7) is 0. The van der Waals surface area contributed by atoms with Gasteiger partial charge in [-0.2, -0.15) is 10.2 Å². The predicted molar refractivity (Wildman–Crippen MR) is 94.8 cm³/mol. The van der Waals surface area contributed by atoms with Crippen molar-refractivity contribution in [1.82, 2.24) is 19.4 Å². The number of anilines is 2. The van der Waals surface area contributed by atoms with E-state index >= 15 is 0 Å². The van der Waals surface area contributed by atoms with Crippen LogP contribution in [0.25, 0.3) is 5.52 Å². The SMILES string of the molecule is Cn1cc(Nc2cc(Oc3ccc([N+](=O)[O-])cc3F)c3ccnn3c2)cn1. The molecule has 0 unspecified atom stereocenters. The number of nitro groups is 1. The summed E-state index contributed by atoms with van der Waals surface area (Å²) in [6.07, 6.45) is 6.79. The van der Waals surface area contributed by atoms with E-state index in [1.165, 1.54) is 12.1 Å². The molecule has 0 saturated carbocycles. The molecule has 0 aliphatic heterocycles. The minimum absolute atomic E-state index is 0.123. The van der Waals surface area contributed by atoms with E-state index in [9.17, 15) is 14.5 Å². The fourth-order valence-corrected chi connectivity index (χ4v) is 2.60. The number of nitrogens with zero attached hydrogens (tertiary/aromatic N) is 5. The first-order valence-electron chi connectivity index (χ1n) is 7.84. The van der Waals surface area contributed by atoms with Crippen LogP contribution in [-0.4, -0.2) is 24.3 Å². The smallest absolute Gasteiger partial charge is 0.272 e. The van der Waals surface area contributed by atoms with Crippen molar-refractivity contribution in [2.75, 3.05) is 5.32 Å². The van der Waals surface area contributed by atoms with Crippen molar-refractivity contribution >= 4 is 22.6 Å². The van der Waals surface area contributed by atoms with E-state index in [0.717, 1.165) is 11.8 Å². The van der Waals surface area contributed by atoms with Crippen LogP contribution < -0.4 is 10.1 Å². The number of fused-ring (bicyclic) bond motifs is 1. The second-order valence-electron chi connectivity index (χ2n) is 5.76. The van der Waals surface area contributed by atoms with E-state index in [2.05, 4.69) is 15.5 Å². The number of hydrogen-bond acceptors (Lipinski definition) is 6. The van der Waals surface area contributed by atoms with Crippen molar-refractivity contribution in [2.24, 2.45) is 7.05 Å². The summed E-state index contributed by atoms with van der Waals surface area (Å²) in [5.41, 5.74) is 1.68. The average molecular weight is 368 g/mol. The molecule has 0 bridgehead atoms. The van der Waals surface area contributed by atoms with Gasteiger partial charge in [0, 0.05) is 25.4 Å². The molecule has 3 aromatic heterocycles. The molecule has 0 aliphatic rings. The van der Waals surface area contributed by atoms with Gasteiger partial charge >= 0.3 is 0 Å². The maximum atomic E-state index is 14.2. The molecule has 0 fully saturated rings. The van der Waals surface area contributed by atoms with Gasteiger partial charge in [0.25, 0.3) is 5.69 Å². The number of nitrogens with one attached hydrogen (secondary N) is 1. The van der Waals surface area contributed by atoms with Gasteiger partial charge < -0.3 is 10.1 Å². The highest BCUT2D eigenvalue weighted by molar-refractivity contribution is 5.68. The Morgan fingerprint density at radius 1 is 1.15 bits per heavy atom. The lowest BCUT2D eigenvalue weighted by Gasteiger charge is -2.11. The zero-order valence-corrected chi connectivity index (χ0v) is 14.0. The lowest BCUT2D eigenvalue weighted by molar-refractivity contribution is -0.385. The van der Waals surface area contributed by atoms with Crippen LogP contribution in [0.5, 0.6) is 11.5 Å². The Morgan fingerprint density at radius 3 is 2.70 bits per heavy atom. The van der Waals surface area contributed by atoms with E-state index in [0.29, 0.717) is 17.0 Å². The molecule has 3 heterocycles. The van der Waals surface area contributed by atoms with E-state index in [4.69, 9.17) is 4.74 Å². The van der Waals surface area contributed by atoms with Gasteiger partial charge in [-0.3, -0.25) is 14.8 Å². The summed E-state index contributed by atoms with van der Waals surface area (Å²) in [4.78, 5) is 10.1. The molecule has 0 radical (unpaired) electrons. The third-order valence-corrected chi connectivity index (χ3v) is 3.81. The molecule has 1 N–H and O–H groups in total. The second kappa shape index (κ2) is 6.41. The third kappa shape index (κ3) is 3.27. The first kappa shape index (κ1) is 16.5. The van der Waals surface area contributed by atoms with Crippen molar-refractivity contribution in [3.63, 3.8) is 0 Å². The van der Waals surface area contributed by atoms with E-state index in [-0.39, 0.29) is 11.4 Å². The van der Waals surface area contributed by atoms with E-state index in [1.807, 2.05) is 0 Å². The van der Waals surface area contributed by atoms with Crippen LogP contribution >= 0.6 is 0 Å². The lowest BCUT2D eigenvalue weighted by Crippen LogP contribution is -1.98. The molecule has 4 rings (SSSR count). The molecule has 0 amide bonds. The second-order valence-corrected chi connectivity index (χ2v) is 5.76. The molecule has 10 heteroatoms. The van der Waals surface area contributed by atoms with Crippen LogP contribution in [0.15, 0.2) is 55.1 Å². The summed E-state index contributed by atoms with van der Waals surface area (Å²) in [6, 6.07) is 6.63. The summed E-state index contributed by atoms with van der Waals surface area (Å²) in [7, 11) is 1.80. The highest BCUT2D eigenvalue weighted by Gasteiger charge is 2.15. The molecular formula is C17H13FN6O3. The van der Waals surface area contributed by atoms with Gasteiger partial charge in [0.2, 0.25) is 0 Å². The van der Waals surface area contributed by atoms with Crippen LogP contribution in [-0.2, 0) is 7.05 Å². The number of hydrogen-bond donors (Lipinski definition) is 1. The quantitative estimate of drug-likeness (QED) is 0.426. The lowest BCUT2D eigenvalue weighted by atomic mass is 10.3. The fourth-order valence-electron chi connectivity index (χ4n) is 2.60. The van der Waals surface area contributed by atoms with E-state index < -0.39 is 10.7 Å². The van der Waals surface area contributed by atoms with Crippen molar-refractivity contribution in [3.05, 3.63) is 71.1 Å². The number of halogens is 1. The van der Waals surface area contributed by atoms with Crippen LogP contribution in [0.4, 0.5) is 21.5 Å². The Bertz CT molecular complexity index is 1150. The van der Waals surface area contributed by atoms with Crippen LogP contribution in [0.1, 0.15) is 0 Å². The van der Waals surface area contributed by atoms with Gasteiger partial charge in [-0.05, 0) is 12.1 Å². The molecule has 0 atom stereocenters. The van der Waals surface area contributed by atoms with Gasteiger partial charge in [-0.15, -0.1) is 0 Å². The molecule has 0 spiro atoms. The van der Waals surface area contributed by atoms with Crippen molar-refractivity contribution in [3.8, 4) is 11.5 Å².